The van der Waals surface area contributed by atoms with Gasteiger partial charge in [0, 0.05) is 11.9 Å². The summed E-state index contributed by atoms with van der Waals surface area (Å²) in [6.45, 7) is 0. The lowest BCUT2D eigenvalue weighted by atomic mass is 10.3. The van der Waals surface area contributed by atoms with Crippen molar-refractivity contribution in [1.82, 2.24) is 19.8 Å². The van der Waals surface area contributed by atoms with Gasteiger partial charge in [0.2, 0.25) is 0 Å². The van der Waals surface area contributed by atoms with E-state index in [0.717, 1.165) is 15.4 Å². The summed E-state index contributed by atoms with van der Waals surface area (Å²) in [5, 5.41) is 6.93. The minimum absolute atomic E-state index is 0.0487. The number of nitrogens with zero attached hydrogens (tertiary/aromatic N) is 4. The molecule has 0 aliphatic rings. The molecule has 0 N–H and O–H groups in total. The summed E-state index contributed by atoms with van der Waals surface area (Å²) in [5.41, 5.74) is -5.18. The molecule has 0 aliphatic heterocycles. The van der Waals surface area contributed by atoms with Crippen molar-refractivity contribution in [2.75, 3.05) is 0 Å². The summed E-state index contributed by atoms with van der Waals surface area (Å²) in [5.74, 6) is 0. The number of thioether (sulfide) groups is 1. The zero-order chi connectivity index (χ0) is 14.2. The molecule has 0 fully saturated rings. The van der Waals surface area contributed by atoms with Crippen LogP contribution >= 0.6 is 11.8 Å². The Bertz CT molecular complexity index is 666. The van der Waals surface area contributed by atoms with E-state index >= 15 is 0 Å². The fourth-order valence-electron chi connectivity index (χ4n) is 1.21. The summed E-state index contributed by atoms with van der Waals surface area (Å²) in [4.78, 5) is 11.3. The molecule has 9 heteroatoms. The Kier molecular flexibility index (Phi) is 2.82. The summed E-state index contributed by atoms with van der Waals surface area (Å²) in [6.07, 6.45) is 0. The number of alkyl halides is 3. The number of benzene rings is 1. The van der Waals surface area contributed by atoms with E-state index in [1.54, 1.807) is 0 Å². The molecule has 0 unspecified atom stereocenters. The zero-order valence-corrected chi connectivity index (χ0v) is 9.79. The Balaban J connectivity index is 2.52. The molecular weight excluding hydrogens is 269 g/mol. The molecule has 0 saturated carbocycles. The number of aromatic nitrogens is 4. The molecule has 0 saturated heterocycles. The van der Waals surface area contributed by atoms with Gasteiger partial charge in [-0.3, -0.25) is 0 Å². The van der Waals surface area contributed by atoms with Gasteiger partial charge in [-0.1, -0.05) is 6.07 Å². The number of aryl methyl sites for hydroxylation is 1. The lowest BCUT2D eigenvalue weighted by molar-refractivity contribution is -0.0328. The maximum absolute atomic E-state index is 12.3. The first-order valence-electron chi connectivity index (χ1n) is 5.14. The summed E-state index contributed by atoms with van der Waals surface area (Å²) >= 11 is -0.409. The first kappa shape index (κ1) is 11.3. The highest BCUT2D eigenvalue weighted by molar-refractivity contribution is 8.00. The van der Waals surface area contributed by atoms with Gasteiger partial charge in [-0.2, -0.15) is 22.5 Å². The number of tetrazole rings is 1. The molecule has 0 atom stereocenters. The fourth-order valence-corrected chi connectivity index (χ4v) is 1.76. The van der Waals surface area contributed by atoms with Crippen LogP contribution in [0.3, 0.4) is 0 Å². The molecule has 1 aromatic heterocycles. The largest absolute Gasteiger partial charge is 0.446 e. The van der Waals surface area contributed by atoms with Gasteiger partial charge in [0.25, 0.3) is 0 Å². The first-order valence-corrected chi connectivity index (χ1v) is 5.46. The average Bonchev–Trinajstić information content (AvgIpc) is 2.62. The second kappa shape index (κ2) is 4.48. The molecule has 0 aliphatic carbocycles. The molecule has 96 valence electrons. The summed E-state index contributed by atoms with van der Waals surface area (Å²) < 4.78 is 46.4. The third kappa shape index (κ3) is 2.73. The quantitative estimate of drug-likeness (QED) is 0.783. The predicted octanol–water partition coefficient (Wildman–Crippen LogP) is 1.58. The Morgan fingerprint density at radius 1 is 1.39 bits per heavy atom. The van der Waals surface area contributed by atoms with Crippen molar-refractivity contribution in [2.45, 2.75) is 10.4 Å². The molecule has 2 aromatic rings. The highest BCUT2D eigenvalue weighted by Gasteiger charge is 2.29. The third-order valence-corrected chi connectivity index (χ3v) is 2.62. The van der Waals surface area contributed by atoms with Gasteiger partial charge in [-0.05, 0) is 40.4 Å². The fraction of sp³-hybridized carbons (Fsp3) is 0.222. The van der Waals surface area contributed by atoms with E-state index in [9.17, 15) is 18.0 Å². The number of rotatable bonds is 2. The van der Waals surface area contributed by atoms with Crippen LogP contribution in [-0.2, 0) is 7.05 Å². The van der Waals surface area contributed by atoms with Crippen LogP contribution in [0.5, 0.6) is 0 Å². The van der Waals surface area contributed by atoms with E-state index < -0.39 is 29.0 Å². The number of halogens is 3. The monoisotopic (exact) mass is 278 g/mol. The van der Waals surface area contributed by atoms with Gasteiger partial charge >= 0.3 is 11.2 Å². The van der Waals surface area contributed by atoms with Crippen molar-refractivity contribution in [1.29, 1.82) is 0 Å². The van der Waals surface area contributed by atoms with E-state index in [1.165, 1.54) is 19.2 Å². The molecule has 0 spiro atoms. The Morgan fingerprint density at radius 2 is 2.11 bits per heavy atom. The summed E-state index contributed by atoms with van der Waals surface area (Å²) in [6, 6.07) is 3.39. The smallest absolute Gasteiger partial charge is 0.244 e. The highest BCUT2D eigenvalue weighted by atomic mass is 32.2. The zero-order valence-electron chi connectivity index (χ0n) is 9.97. The molecule has 18 heavy (non-hydrogen) atoms. The maximum atomic E-state index is 12.3. The van der Waals surface area contributed by atoms with Crippen LogP contribution in [0.15, 0.2) is 33.9 Å². The Morgan fingerprint density at radius 3 is 2.67 bits per heavy atom. The van der Waals surface area contributed by atoms with E-state index in [-0.39, 0.29) is 10.6 Å². The molecule has 2 rings (SSSR count). The van der Waals surface area contributed by atoms with Gasteiger partial charge in [0.05, 0.1) is 7.06 Å². The molecular formula is C9H7F3N4OS. The summed E-state index contributed by atoms with van der Waals surface area (Å²) in [7, 11) is 1.35. The standard InChI is InChI=1S/C9H7F3N4OS/c1-15-8(17)16(14-13-15)6-3-2-4-7(5-6)18-9(10,11)12/h2-5H,1H3/i5T. The van der Waals surface area contributed by atoms with Crippen LogP contribution in [0.2, 0.25) is 0 Å². The normalized spacial score (nSPS) is 12.6. The lowest BCUT2D eigenvalue weighted by Crippen LogP contribution is -2.21. The average molecular weight is 278 g/mol. The van der Waals surface area contributed by atoms with Gasteiger partial charge in [-0.25, -0.2) is 4.79 Å². The van der Waals surface area contributed by atoms with E-state index in [0.29, 0.717) is 0 Å². The van der Waals surface area contributed by atoms with Gasteiger partial charge in [0.15, 0.2) is 0 Å². The molecule has 0 amide bonds. The van der Waals surface area contributed by atoms with Crippen molar-refractivity contribution in [3.05, 3.63) is 34.7 Å². The van der Waals surface area contributed by atoms with E-state index in [4.69, 9.17) is 1.37 Å². The van der Waals surface area contributed by atoms with Gasteiger partial charge in [0.1, 0.15) is 0 Å². The Labute approximate surface area is 105 Å². The maximum Gasteiger partial charge on any atom is 0.446 e. The number of hydrogen-bond acceptors (Lipinski definition) is 4. The first-order chi connectivity index (χ1) is 8.79. The minimum Gasteiger partial charge on any atom is -0.244 e. The van der Waals surface area contributed by atoms with E-state index in [1.807, 2.05) is 0 Å². The molecule has 5 nitrogen and oxygen atoms in total. The SMILES string of the molecule is [3H]c1c(SC(F)(F)F)cccc1-n1nnn(C)c1=O. The number of hydrogen-bond donors (Lipinski definition) is 0. The van der Waals surface area contributed by atoms with E-state index in [2.05, 4.69) is 10.4 Å². The predicted molar refractivity (Wildman–Crippen MR) is 58.5 cm³/mol. The van der Waals surface area contributed by atoms with Crippen molar-refractivity contribution in [3.8, 4) is 5.69 Å². The van der Waals surface area contributed by atoms with Crippen LogP contribution in [0.1, 0.15) is 1.37 Å². The Hall–Kier alpha value is -1.77. The van der Waals surface area contributed by atoms with Crippen LogP contribution in [0.25, 0.3) is 5.69 Å². The van der Waals surface area contributed by atoms with Crippen molar-refractivity contribution >= 4 is 11.8 Å². The minimum atomic E-state index is -4.50. The van der Waals surface area contributed by atoms with Crippen LogP contribution in [0.4, 0.5) is 13.2 Å². The second-order valence-corrected chi connectivity index (χ2v) is 4.35. The van der Waals surface area contributed by atoms with Crippen molar-refractivity contribution < 1.29 is 14.5 Å². The van der Waals surface area contributed by atoms with Crippen LogP contribution in [-0.4, -0.2) is 25.3 Å². The molecule has 1 heterocycles. The van der Waals surface area contributed by atoms with Gasteiger partial charge in [-0.15, -0.1) is 0 Å². The van der Waals surface area contributed by atoms with Gasteiger partial charge < -0.3 is 0 Å². The molecule has 0 radical (unpaired) electrons. The lowest BCUT2D eigenvalue weighted by Gasteiger charge is -2.06. The van der Waals surface area contributed by atoms with Crippen molar-refractivity contribution in [3.63, 3.8) is 0 Å². The van der Waals surface area contributed by atoms with Crippen LogP contribution < -0.4 is 5.69 Å². The molecule has 1 aromatic carbocycles. The molecule has 0 bridgehead atoms. The topological polar surface area (TPSA) is 52.7 Å². The third-order valence-electron chi connectivity index (χ3n) is 1.93. The highest BCUT2D eigenvalue weighted by Crippen LogP contribution is 2.37. The van der Waals surface area contributed by atoms with Crippen LogP contribution in [0, 0.1) is 0 Å². The van der Waals surface area contributed by atoms with Crippen molar-refractivity contribution in [2.24, 2.45) is 7.05 Å². The second-order valence-electron chi connectivity index (χ2n) is 3.24.